The van der Waals surface area contributed by atoms with Gasteiger partial charge in [0.2, 0.25) is 0 Å². The van der Waals surface area contributed by atoms with Gasteiger partial charge in [0, 0.05) is 22.4 Å². The van der Waals surface area contributed by atoms with Crippen LogP contribution in [0.4, 0.5) is 10.1 Å². The predicted octanol–water partition coefficient (Wildman–Crippen LogP) is 6.12. The van der Waals surface area contributed by atoms with E-state index in [-0.39, 0.29) is 5.54 Å². The van der Waals surface area contributed by atoms with Crippen LogP contribution in [0.3, 0.4) is 0 Å². The first-order chi connectivity index (χ1) is 15.3. The number of benzene rings is 2. The third-order valence-corrected chi connectivity index (χ3v) is 6.44. The van der Waals surface area contributed by atoms with Gasteiger partial charge in [-0.1, -0.05) is 0 Å². The maximum atomic E-state index is 15.3. The van der Waals surface area contributed by atoms with Crippen LogP contribution in [0.25, 0.3) is 11.1 Å². The van der Waals surface area contributed by atoms with Gasteiger partial charge in [-0.15, -0.1) is 0 Å². The lowest BCUT2D eigenvalue weighted by atomic mass is 9.82. The molecule has 0 amide bonds. The molecule has 0 spiro atoms. The molecule has 2 aromatic rings. The van der Waals surface area contributed by atoms with Crippen molar-refractivity contribution in [2.75, 3.05) is 11.9 Å². The molecule has 33 heavy (non-hydrogen) atoms. The summed E-state index contributed by atoms with van der Waals surface area (Å²) < 4.78 is 27.0. The topological polar surface area (TPSA) is 67.8 Å². The maximum Gasteiger partial charge on any atom is 0.337 e. The highest BCUT2D eigenvalue weighted by Gasteiger charge is 2.37. The third kappa shape index (κ3) is 4.33. The van der Waals surface area contributed by atoms with Gasteiger partial charge in [-0.3, -0.25) is 0 Å². The number of fused-ring (bicyclic) bond motifs is 2. The Labute approximate surface area is 195 Å². The molecule has 6 heteroatoms. The summed E-state index contributed by atoms with van der Waals surface area (Å²) in [5.41, 5.74) is 5.78. The standard InChI is InChI=1S/C27H34FNO4/c1-14-11-20-18(13-27(6,7)29-20)22(21(14)24(25(30)31)33-26(3,4)5)17-12-19(28)23-16(15(17)2)9-8-10-32-23/h11-12,24,29H,8-10,13H2,1-7H3,(H,30,31)/t24-/m0/s1. The fourth-order valence-electron chi connectivity index (χ4n) is 5.17. The largest absolute Gasteiger partial charge is 0.490 e. The second-order valence-electron chi connectivity index (χ2n) is 10.9. The average Bonchev–Trinajstić information content (AvgIpc) is 3.01. The molecule has 4 rings (SSSR count). The monoisotopic (exact) mass is 455 g/mol. The number of carboxylic acids is 1. The molecule has 2 heterocycles. The number of hydrogen-bond donors (Lipinski definition) is 2. The van der Waals surface area contributed by atoms with Gasteiger partial charge in [0.15, 0.2) is 17.7 Å². The number of aryl methyl sites for hydroxylation is 1. The molecule has 0 saturated heterocycles. The minimum Gasteiger partial charge on any atom is -0.490 e. The van der Waals surface area contributed by atoms with Gasteiger partial charge in [-0.05, 0) is 108 Å². The van der Waals surface area contributed by atoms with Crippen molar-refractivity contribution in [1.82, 2.24) is 0 Å². The number of aliphatic carboxylic acids is 1. The van der Waals surface area contributed by atoms with Gasteiger partial charge in [0.05, 0.1) is 12.2 Å². The first-order valence-electron chi connectivity index (χ1n) is 11.6. The molecule has 0 radical (unpaired) electrons. The van der Waals surface area contributed by atoms with Crippen molar-refractivity contribution in [2.24, 2.45) is 0 Å². The first kappa shape index (κ1) is 23.6. The molecule has 0 aromatic heterocycles. The van der Waals surface area contributed by atoms with Crippen molar-refractivity contribution in [2.45, 2.75) is 85.0 Å². The zero-order valence-electron chi connectivity index (χ0n) is 20.6. The normalized spacial score (nSPS) is 17.6. The van der Waals surface area contributed by atoms with Crippen LogP contribution in [0.1, 0.15) is 75.0 Å². The van der Waals surface area contributed by atoms with Crippen LogP contribution < -0.4 is 10.1 Å². The number of halogens is 1. The SMILES string of the molecule is Cc1cc2c(c(-c3cc(F)c4c(c3C)CCCO4)c1[C@H](OC(C)(C)C)C(=O)O)CC(C)(C)N2. The third-order valence-electron chi connectivity index (χ3n) is 6.44. The number of nitrogens with one attached hydrogen (secondary N) is 1. The quantitative estimate of drug-likeness (QED) is 0.581. The van der Waals surface area contributed by atoms with Crippen molar-refractivity contribution in [1.29, 1.82) is 0 Å². The van der Waals surface area contributed by atoms with Crippen molar-refractivity contribution in [3.05, 3.63) is 45.8 Å². The van der Waals surface area contributed by atoms with E-state index < -0.39 is 23.5 Å². The molecule has 178 valence electrons. The highest BCUT2D eigenvalue weighted by Crippen LogP contribution is 2.48. The number of carbonyl (C=O) groups is 1. The van der Waals surface area contributed by atoms with E-state index in [1.807, 2.05) is 40.7 Å². The highest BCUT2D eigenvalue weighted by molar-refractivity contribution is 5.88. The lowest BCUT2D eigenvalue weighted by Gasteiger charge is -2.30. The Balaban J connectivity index is 2.06. The Kier molecular flexibility index (Phi) is 5.72. The van der Waals surface area contributed by atoms with Crippen LogP contribution in [0, 0.1) is 19.7 Å². The molecule has 2 aliphatic heterocycles. The maximum absolute atomic E-state index is 15.3. The summed E-state index contributed by atoms with van der Waals surface area (Å²) in [6.45, 7) is 14.1. The fourth-order valence-corrected chi connectivity index (χ4v) is 5.17. The Morgan fingerprint density at radius 3 is 2.58 bits per heavy atom. The van der Waals surface area contributed by atoms with Gasteiger partial charge in [0.25, 0.3) is 0 Å². The van der Waals surface area contributed by atoms with E-state index >= 15 is 4.39 Å². The molecule has 1 atom stereocenters. The van der Waals surface area contributed by atoms with Crippen LogP contribution in [-0.4, -0.2) is 28.8 Å². The zero-order chi connectivity index (χ0) is 24.3. The van der Waals surface area contributed by atoms with Gasteiger partial charge in [-0.2, -0.15) is 0 Å². The summed E-state index contributed by atoms with van der Waals surface area (Å²) in [5.74, 6) is -1.13. The highest BCUT2D eigenvalue weighted by atomic mass is 19.1. The molecule has 2 N–H and O–H groups in total. The van der Waals surface area contributed by atoms with Crippen molar-refractivity contribution in [3.8, 4) is 16.9 Å². The number of anilines is 1. The van der Waals surface area contributed by atoms with Crippen LogP contribution in [0.2, 0.25) is 0 Å². The molecule has 2 aromatic carbocycles. The average molecular weight is 456 g/mol. The summed E-state index contributed by atoms with van der Waals surface area (Å²) in [6, 6.07) is 3.51. The summed E-state index contributed by atoms with van der Waals surface area (Å²) in [6.07, 6.45) is 1.08. The van der Waals surface area contributed by atoms with E-state index in [0.29, 0.717) is 24.3 Å². The zero-order valence-corrected chi connectivity index (χ0v) is 20.6. The van der Waals surface area contributed by atoms with E-state index in [1.54, 1.807) is 0 Å². The van der Waals surface area contributed by atoms with E-state index in [4.69, 9.17) is 9.47 Å². The van der Waals surface area contributed by atoms with Crippen molar-refractivity contribution in [3.63, 3.8) is 0 Å². The molecule has 5 nitrogen and oxygen atoms in total. The van der Waals surface area contributed by atoms with Gasteiger partial charge >= 0.3 is 5.97 Å². The van der Waals surface area contributed by atoms with E-state index in [0.717, 1.165) is 51.9 Å². The molecule has 0 saturated carbocycles. The van der Waals surface area contributed by atoms with E-state index in [1.165, 1.54) is 6.07 Å². The van der Waals surface area contributed by atoms with Crippen LogP contribution in [-0.2, 0) is 22.4 Å². The van der Waals surface area contributed by atoms with Gasteiger partial charge in [0.1, 0.15) is 0 Å². The number of rotatable bonds is 4. The van der Waals surface area contributed by atoms with Crippen LogP contribution in [0.15, 0.2) is 12.1 Å². The Hall–Kier alpha value is -2.60. The minimum absolute atomic E-state index is 0.199. The summed E-state index contributed by atoms with van der Waals surface area (Å²) >= 11 is 0. The first-order valence-corrected chi connectivity index (χ1v) is 11.6. The van der Waals surface area contributed by atoms with Crippen LogP contribution in [0.5, 0.6) is 5.75 Å². The fraction of sp³-hybridized carbons (Fsp3) is 0.519. The molecule has 0 bridgehead atoms. The van der Waals surface area contributed by atoms with Gasteiger partial charge in [-0.25, -0.2) is 9.18 Å². The molecular weight excluding hydrogens is 421 g/mol. The van der Waals surface area contributed by atoms with Crippen molar-refractivity contribution >= 4 is 11.7 Å². The molecule has 0 fully saturated rings. The lowest BCUT2D eigenvalue weighted by molar-refractivity contribution is -0.160. The number of ether oxygens (including phenoxy) is 2. The second kappa shape index (κ2) is 8.01. The Morgan fingerprint density at radius 1 is 1.24 bits per heavy atom. The summed E-state index contributed by atoms with van der Waals surface area (Å²) in [5, 5.41) is 13.8. The lowest BCUT2D eigenvalue weighted by Crippen LogP contribution is -2.28. The smallest absolute Gasteiger partial charge is 0.337 e. The van der Waals surface area contributed by atoms with E-state index in [2.05, 4.69) is 19.2 Å². The predicted molar refractivity (Wildman–Crippen MR) is 128 cm³/mol. The van der Waals surface area contributed by atoms with Crippen LogP contribution >= 0.6 is 0 Å². The number of carboxylic acid groups (broad SMARTS) is 1. The molecule has 0 unspecified atom stereocenters. The number of hydrogen-bond acceptors (Lipinski definition) is 4. The molecule has 2 aliphatic rings. The van der Waals surface area contributed by atoms with E-state index in [9.17, 15) is 9.90 Å². The summed E-state index contributed by atoms with van der Waals surface area (Å²) in [7, 11) is 0. The Morgan fingerprint density at radius 2 is 1.94 bits per heavy atom. The van der Waals surface area contributed by atoms with Crippen molar-refractivity contribution < 1.29 is 23.8 Å². The van der Waals surface area contributed by atoms with Gasteiger partial charge < -0.3 is 19.9 Å². The molecular formula is C27H34FNO4. The Bertz CT molecular complexity index is 1130. The minimum atomic E-state index is -1.18. The second-order valence-corrected chi connectivity index (χ2v) is 10.9. The molecule has 0 aliphatic carbocycles. The summed E-state index contributed by atoms with van der Waals surface area (Å²) in [4.78, 5) is 12.5.